The number of hydrazone groups is 1. The van der Waals surface area contributed by atoms with Gasteiger partial charge in [0.15, 0.2) is 0 Å². The molecule has 0 aliphatic heterocycles. The van der Waals surface area contributed by atoms with E-state index in [0.29, 0.717) is 18.9 Å². The number of sulfonamides is 1. The van der Waals surface area contributed by atoms with Crippen LogP contribution >= 0.6 is 0 Å². The molecule has 1 heterocycles. The normalized spacial score (nSPS) is 12.0. The summed E-state index contributed by atoms with van der Waals surface area (Å²) >= 11 is 0. The molecule has 0 bridgehead atoms. The van der Waals surface area contributed by atoms with Crippen LogP contribution in [0.25, 0.3) is 0 Å². The van der Waals surface area contributed by atoms with E-state index in [2.05, 4.69) is 21.6 Å². The number of hydrogen-bond donors (Lipinski definition) is 1. The zero-order valence-corrected chi connectivity index (χ0v) is 15.8. The standard InChI is InChI=1S/C18H24N4O2S/c1-5-22(6-2)25(23,24)17-9-10-18(19-13-17)21-20-12-16-8-7-14(3)11-15(16)4/h7-13H,5-6H2,1-4H3,(H,19,21)/b20-12+. The highest BCUT2D eigenvalue weighted by molar-refractivity contribution is 7.89. The van der Waals surface area contributed by atoms with E-state index in [9.17, 15) is 8.42 Å². The van der Waals surface area contributed by atoms with Gasteiger partial charge in [-0.1, -0.05) is 37.6 Å². The summed E-state index contributed by atoms with van der Waals surface area (Å²) in [6.07, 6.45) is 3.07. The highest BCUT2D eigenvalue weighted by atomic mass is 32.2. The van der Waals surface area contributed by atoms with Crippen molar-refractivity contribution >= 4 is 22.1 Å². The summed E-state index contributed by atoms with van der Waals surface area (Å²) in [4.78, 5) is 4.31. The van der Waals surface area contributed by atoms with Crippen molar-refractivity contribution in [2.24, 2.45) is 5.10 Å². The minimum atomic E-state index is -3.49. The van der Waals surface area contributed by atoms with Gasteiger partial charge in [0.2, 0.25) is 10.0 Å². The quantitative estimate of drug-likeness (QED) is 0.608. The Morgan fingerprint density at radius 1 is 1.16 bits per heavy atom. The van der Waals surface area contributed by atoms with Gasteiger partial charge >= 0.3 is 0 Å². The molecule has 0 unspecified atom stereocenters. The smallest absolute Gasteiger partial charge is 0.244 e. The van der Waals surface area contributed by atoms with Gasteiger partial charge in [0.05, 0.1) is 6.21 Å². The van der Waals surface area contributed by atoms with E-state index in [4.69, 9.17) is 0 Å². The molecule has 0 amide bonds. The van der Waals surface area contributed by atoms with E-state index >= 15 is 0 Å². The molecule has 0 saturated heterocycles. The van der Waals surface area contributed by atoms with E-state index in [1.54, 1.807) is 12.3 Å². The predicted molar refractivity (Wildman–Crippen MR) is 101 cm³/mol. The van der Waals surface area contributed by atoms with Crippen LogP contribution in [0.4, 0.5) is 5.82 Å². The number of benzene rings is 1. The first kappa shape index (κ1) is 19.1. The topological polar surface area (TPSA) is 74.7 Å². The zero-order valence-electron chi connectivity index (χ0n) is 15.0. The zero-order chi connectivity index (χ0) is 18.4. The Kier molecular flexibility index (Phi) is 6.27. The molecule has 0 radical (unpaired) electrons. The van der Waals surface area contributed by atoms with E-state index in [0.717, 1.165) is 11.1 Å². The molecule has 1 aromatic heterocycles. The molecule has 0 fully saturated rings. The summed E-state index contributed by atoms with van der Waals surface area (Å²) in [6.45, 7) is 8.56. The Labute approximate surface area is 149 Å². The number of pyridine rings is 1. The average molecular weight is 360 g/mol. The summed E-state index contributed by atoms with van der Waals surface area (Å²) in [5, 5.41) is 4.16. The Balaban J connectivity index is 2.09. The van der Waals surface area contributed by atoms with Gasteiger partial charge in [-0.25, -0.2) is 13.4 Å². The van der Waals surface area contributed by atoms with Crippen molar-refractivity contribution in [1.82, 2.24) is 9.29 Å². The molecule has 1 aromatic carbocycles. The minimum Gasteiger partial charge on any atom is -0.261 e. The highest BCUT2D eigenvalue weighted by Gasteiger charge is 2.21. The van der Waals surface area contributed by atoms with Crippen molar-refractivity contribution in [2.45, 2.75) is 32.6 Å². The molecular weight excluding hydrogens is 336 g/mol. The Hall–Kier alpha value is -2.25. The molecule has 1 N–H and O–H groups in total. The molecule has 0 atom stereocenters. The Morgan fingerprint density at radius 3 is 2.44 bits per heavy atom. The lowest BCUT2D eigenvalue weighted by Gasteiger charge is -2.18. The molecule has 25 heavy (non-hydrogen) atoms. The maximum absolute atomic E-state index is 12.4. The Morgan fingerprint density at radius 2 is 1.88 bits per heavy atom. The molecule has 0 spiro atoms. The summed E-state index contributed by atoms with van der Waals surface area (Å²) in [7, 11) is -3.49. The number of nitrogens with zero attached hydrogens (tertiary/aromatic N) is 3. The Bertz CT molecular complexity index is 842. The van der Waals surface area contributed by atoms with Crippen molar-refractivity contribution < 1.29 is 8.42 Å². The van der Waals surface area contributed by atoms with Gasteiger partial charge < -0.3 is 0 Å². The van der Waals surface area contributed by atoms with E-state index in [1.807, 2.05) is 39.8 Å². The van der Waals surface area contributed by atoms with Crippen molar-refractivity contribution in [2.75, 3.05) is 18.5 Å². The van der Waals surface area contributed by atoms with Gasteiger partial charge in [-0.15, -0.1) is 0 Å². The fourth-order valence-electron chi connectivity index (χ4n) is 2.45. The van der Waals surface area contributed by atoms with E-state index in [1.165, 1.54) is 22.1 Å². The van der Waals surface area contributed by atoms with Gasteiger partial charge in [-0.2, -0.15) is 9.41 Å². The second kappa shape index (κ2) is 8.22. The average Bonchev–Trinajstić information content (AvgIpc) is 2.58. The third-order valence-electron chi connectivity index (χ3n) is 3.89. The third kappa shape index (κ3) is 4.64. The van der Waals surface area contributed by atoms with Crippen LogP contribution in [-0.4, -0.2) is 37.0 Å². The van der Waals surface area contributed by atoms with Crippen molar-refractivity contribution in [1.29, 1.82) is 0 Å². The number of rotatable bonds is 7. The monoisotopic (exact) mass is 360 g/mol. The van der Waals surface area contributed by atoms with Crippen molar-refractivity contribution in [3.8, 4) is 0 Å². The SMILES string of the molecule is CCN(CC)S(=O)(=O)c1ccc(N/N=C/c2ccc(C)cc2C)nc1. The summed E-state index contributed by atoms with van der Waals surface area (Å²) in [5.74, 6) is 0.486. The summed E-state index contributed by atoms with van der Waals surface area (Å²) in [5.41, 5.74) is 6.17. The first-order valence-electron chi connectivity index (χ1n) is 8.21. The fraction of sp³-hybridized carbons (Fsp3) is 0.333. The lowest BCUT2D eigenvalue weighted by Crippen LogP contribution is -2.30. The number of aromatic nitrogens is 1. The van der Waals surface area contributed by atoms with Crippen LogP contribution in [0.5, 0.6) is 0 Å². The van der Waals surface area contributed by atoms with E-state index < -0.39 is 10.0 Å². The summed E-state index contributed by atoms with van der Waals surface area (Å²) < 4.78 is 26.2. The minimum absolute atomic E-state index is 0.181. The van der Waals surface area contributed by atoms with Crippen LogP contribution < -0.4 is 5.43 Å². The first-order valence-corrected chi connectivity index (χ1v) is 9.65. The van der Waals surface area contributed by atoms with Gasteiger partial charge in [-0.05, 0) is 37.1 Å². The van der Waals surface area contributed by atoms with Gasteiger partial charge in [-0.3, -0.25) is 5.43 Å². The molecule has 0 saturated carbocycles. The van der Waals surface area contributed by atoms with Crippen LogP contribution in [0.1, 0.15) is 30.5 Å². The number of anilines is 1. The third-order valence-corrected chi connectivity index (χ3v) is 5.92. The predicted octanol–water partition coefficient (Wildman–Crippen LogP) is 3.17. The second-order valence-corrected chi connectivity index (χ2v) is 7.64. The second-order valence-electron chi connectivity index (χ2n) is 5.70. The molecule has 134 valence electrons. The van der Waals surface area contributed by atoms with E-state index in [-0.39, 0.29) is 4.90 Å². The molecule has 2 rings (SSSR count). The van der Waals surface area contributed by atoms with Crippen LogP contribution in [0, 0.1) is 13.8 Å². The van der Waals surface area contributed by atoms with Gasteiger partial charge in [0, 0.05) is 19.3 Å². The summed E-state index contributed by atoms with van der Waals surface area (Å²) in [6, 6.07) is 9.26. The van der Waals surface area contributed by atoms with Crippen LogP contribution in [-0.2, 0) is 10.0 Å². The maximum atomic E-state index is 12.4. The van der Waals surface area contributed by atoms with Gasteiger partial charge in [0.1, 0.15) is 10.7 Å². The fourth-order valence-corrected chi connectivity index (χ4v) is 3.85. The molecule has 6 nitrogen and oxygen atoms in total. The molecule has 0 aliphatic carbocycles. The van der Waals surface area contributed by atoms with Gasteiger partial charge in [0.25, 0.3) is 0 Å². The number of aryl methyl sites for hydroxylation is 2. The van der Waals surface area contributed by atoms with Crippen molar-refractivity contribution in [3.05, 3.63) is 53.2 Å². The molecule has 2 aromatic rings. The number of hydrogen-bond acceptors (Lipinski definition) is 5. The van der Waals surface area contributed by atoms with Crippen LogP contribution in [0.3, 0.4) is 0 Å². The lowest BCUT2D eigenvalue weighted by atomic mass is 10.1. The largest absolute Gasteiger partial charge is 0.261 e. The van der Waals surface area contributed by atoms with Crippen LogP contribution in [0.15, 0.2) is 46.5 Å². The molecule has 7 heteroatoms. The number of nitrogens with one attached hydrogen (secondary N) is 1. The van der Waals surface area contributed by atoms with Crippen LogP contribution in [0.2, 0.25) is 0 Å². The first-order chi connectivity index (χ1) is 11.9. The highest BCUT2D eigenvalue weighted by Crippen LogP contribution is 2.16. The lowest BCUT2D eigenvalue weighted by molar-refractivity contribution is 0.445. The maximum Gasteiger partial charge on any atom is 0.244 e. The van der Waals surface area contributed by atoms with Crippen molar-refractivity contribution in [3.63, 3.8) is 0 Å². The molecular formula is C18H24N4O2S. The molecule has 0 aliphatic rings.